The quantitative estimate of drug-likeness (QED) is 0.454. The summed E-state index contributed by atoms with van der Waals surface area (Å²) in [5.74, 6) is 0.682. The number of aromatic nitrogens is 1. The lowest BCUT2D eigenvalue weighted by atomic mass is 9.97. The fourth-order valence-corrected chi connectivity index (χ4v) is 4.01. The number of unbranched alkanes of at least 4 members (excludes halogenated alkanes) is 1. The number of hydrogen-bond donors (Lipinski definition) is 0. The van der Waals surface area contributed by atoms with Crippen molar-refractivity contribution in [3.63, 3.8) is 0 Å². The SMILES string of the molecule is CC(=O)N1Cc2ccc(-c3cccc(OCCCCN(C)C)n3)cc2C=Cc2ccccc21. The van der Waals surface area contributed by atoms with Gasteiger partial charge in [0.2, 0.25) is 11.8 Å². The van der Waals surface area contributed by atoms with Crippen LogP contribution in [0.2, 0.25) is 0 Å². The second-order valence-electron chi connectivity index (χ2n) is 8.63. The summed E-state index contributed by atoms with van der Waals surface area (Å²) in [6.45, 7) is 3.88. The second kappa shape index (κ2) is 10.5. The molecule has 0 saturated carbocycles. The molecule has 0 bridgehead atoms. The number of carbonyl (C=O) groups excluding carboxylic acids is 1. The van der Waals surface area contributed by atoms with Crippen molar-refractivity contribution in [3.05, 3.63) is 77.4 Å². The highest BCUT2D eigenvalue weighted by Gasteiger charge is 2.18. The molecule has 1 amide bonds. The van der Waals surface area contributed by atoms with E-state index >= 15 is 0 Å². The number of fused-ring (bicyclic) bond motifs is 2. The van der Waals surface area contributed by atoms with Crippen LogP contribution in [0.4, 0.5) is 5.69 Å². The third-order valence-electron chi connectivity index (χ3n) is 5.79. The van der Waals surface area contributed by atoms with E-state index in [0.29, 0.717) is 19.0 Å². The first-order valence-electron chi connectivity index (χ1n) is 11.4. The van der Waals surface area contributed by atoms with Gasteiger partial charge in [0.05, 0.1) is 24.5 Å². The maximum Gasteiger partial charge on any atom is 0.224 e. The van der Waals surface area contributed by atoms with E-state index in [1.807, 2.05) is 47.4 Å². The smallest absolute Gasteiger partial charge is 0.224 e. The van der Waals surface area contributed by atoms with Gasteiger partial charge in [0, 0.05) is 18.6 Å². The van der Waals surface area contributed by atoms with Crippen molar-refractivity contribution < 1.29 is 9.53 Å². The van der Waals surface area contributed by atoms with Gasteiger partial charge in [-0.1, -0.05) is 48.6 Å². The Hall–Kier alpha value is -3.44. The minimum atomic E-state index is 0.0323. The van der Waals surface area contributed by atoms with E-state index in [9.17, 15) is 4.79 Å². The summed E-state index contributed by atoms with van der Waals surface area (Å²) in [5, 5.41) is 0. The Labute approximate surface area is 196 Å². The van der Waals surface area contributed by atoms with Gasteiger partial charge in [-0.05, 0) is 68.4 Å². The number of ether oxygens (including phenoxy) is 1. The molecule has 3 aromatic rings. The molecule has 2 aromatic carbocycles. The molecule has 0 atom stereocenters. The molecule has 1 aliphatic rings. The molecule has 0 radical (unpaired) electrons. The zero-order chi connectivity index (χ0) is 23.2. The predicted octanol–water partition coefficient (Wildman–Crippen LogP) is 5.51. The molecule has 2 heterocycles. The van der Waals surface area contributed by atoms with Crippen LogP contribution in [0.15, 0.2) is 60.7 Å². The number of anilines is 1. The molecule has 0 fully saturated rings. The first-order valence-corrected chi connectivity index (χ1v) is 11.4. The van der Waals surface area contributed by atoms with Crippen LogP contribution in [0.5, 0.6) is 5.88 Å². The Morgan fingerprint density at radius 2 is 1.82 bits per heavy atom. The molecule has 4 rings (SSSR count). The summed E-state index contributed by atoms with van der Waals surface area (Å²) >= 11 is 0. The van der Waals surface area contributed by atoms with Gasteiger partial charge in [-0.2, -0.15) is 0 Å². The fraction of sp³-hybridized carbons (Fsp3) is 0.286. The molecule has 5 nitrogen and oxygen atoms in total. The van der Waals surface area contributed by atoms with Crippen molar-refractivity contribution in [3.8, 4) is 17.1 Å². The van der Waals surface area contributed by atoms with Gasteiger partial charge >= 0.3 is 0 Å². The van der Waals surface area contributed by atoms with Crippen LogP contribution in [0, 0.1) is 0 Å². The van der Waals surface area contributed by atoms with Crippen molar-refractivity contribution in [2.45, 2.75) is 26.3 Å². The fourth-order valence-electron chi connectivity index (χ4n) is 4.01. The highest BCUT2D eigenvalue weighted by Crippen LogP contribution is 2.31. The summed E-state index contributed by atoms with van der Waals surface area (Å²) in [4.78, 5) is 21.1. The zero-order valence-corrected chi connectivity index (χ0v) is 19.6. The van der Waals surface area contributed by atoms with Crippen LogP contribution in [0.25, 0.3) is 23.4 Å². The largest absolute Gasteiger partial charge is 0.478 e. The molecule has 33 heavy (non-hydrogen) atoms. The van der Waals surface area contributed by atoms with E-state index in [4.69, 9.17) is 9.72 Å². The summed E-state index contributed by atoms with van der Waals surface area (Å²) in [6, 6.07) is 20.2. The van der Waals surface area contributed by atoms with Gasteiger partial charge in [-0.15, -0.1) is 0 Å². The summed E-state index contributed by atoms with van der Waals surface area (Å²) in [7, 11) is 4.17. The lowest BCUT2D eigenvalue weighted by molar-refractivity contribution is -0.116. The summed E-state index contributed by atoms with van der Waals surface area (Å²) in [6.07, 6.45) is 6.31. The third-order valence-corrected chi connectivity index (χ3v) is 5.79. The number of pyridine rings is 1. The van der Waals surface area contributed by atoms with E-state index in [2.05, 4.69) is 49.3 Å². The summed E-state index contributed by atoms with van der Waals surface area (Å²) in [5.41, 5.74) is 6.07. The van der Waals surface area contributed by atoms with Crippen LogP contribution in [-0.4, -0.2) is 43.0 Å². The lowest BCUT2D eigenvalue weighted by Gasteiger charge is -2.26. The average Bonchev–Trinajstić information content (AvgIpc) is 2.80. The van der Waals surface area contributed by atoms with E-state index in [0.717, 1.165) is 53.0 Å². The number of carbonyl (C=O) groups is 1. The van der Waals surface area contributed by atoms with E-state index in [1.165, 1.54) is 0 Å². The van der Waals surface area contributed by atoms with E-state index in [-0.39, 0.29) is 5.91 Å². The standard InChI is InChI=1S/C28H31N3O2/c1-21(32)31-20-25-16-15-24(19-23(25)14-13-22-9-4-5-11-27(22)31)26-10-8-12-28(29-26)33-18-7-6-17-30(2)3/h4-5,8-16,19H,6-7,17-18,20H2,1-3H3. The monoisotopic (exact) mass is 441 g/mol. The van der Waals surface area contributed by atoms with Crippen molar-refractivity contribution in [2.75, 3.05) is 32.1 Å². The van der Waals surface area contributed by atoms with Crippen LogP contribution in [0.3, 0.4) is 0 Å². The number of nitrogens with zero attached hydrogens (tertiary/aromatic N) is 3. The van der Waals surface area contributed by atoms with Gasteiger partial charge in [0.1, 0.15) is 0 Å². The molecule has 170 valence electrons. The number of benzene rings is 2. The molecular formula is C28H31N3O2. The Morgan fingerprint density at radius 3 is 2.64 bits per heavy atom. The predicted molar refractivity (Wildman–Crippen MR) is 135 cm³/mol. The van der Waals surface area contributed by atoms with Gasteiger partial charge in [0.15, 0.2) is 0 Å². The average molecular weight is 442 g/mol. The molecule has 0 N–H and O–H groups in total. The lowest BCUT2D eigenvalue weighted by Crippen LogP contribution is -2.29. The number of rotatable bonds is 7. The van der Waals surface area contributed by atoms with Gasteiger partial charge < -0.3 is 14.5 Å². The second-order valence-corrected chi connectivity index (χ2v) is 8.63. The van der Waals surface area contributed by atoms with Crippen molar-refractivity contribution >= 4 is 23.7 Å². The molecule has 5 heteroatoms. The summed E-state index contributed by atoms with van der Waals surface area (Å²) < 4.78 is 5.89. The molecule has 1 aromatic heterocycles. The van der Waals surface area contributed by atoms with Crippen molar-refractivity contribution in [1.29, 1.82) is 0 Å². The molecule has 0 saturated heterocycles. The van der Waals surface area contributed by atoms with Gasteiger partial charge in [0.25, 0.3) is 0 Å². The van der Waals surface area contributed by atoms with Crippen LogP contribution < -0.4 is 9.64 Å². The van der Waals surface area contributed by atoms with E-state index in [1.54, 1.807) is 6.92 Å². The Bertz CT molecular complexity index is 1150. The Morgan fingerprint density at radius 1 is 1.00 bits per heavy atom. The van der Waals surface area contributed by atoms with Gasteiger partial charge in [-0.25, -0.2) is 4.98 Å². The highest BCUT2D eigenvalue weighted by atomic mass is 16.5. The van der Waals surface area contributed by atoms with Crippen molar-refractivity contribution in [1.82, 2.24) is 9.88 Å². The first-order chi connectivity index (χ1) is 16.0. The maximum atomic E-state index is 12.4. The molecular weight excluding hydrogens is 410 g/mol. The Kier molecular flexibility index (Phi) is 7.20. The maximum absolute atomic E-state index is 12.4. The molecule has 0 spiro atoms. The molecule has 1 aliphatic heterocycles. The van der Waals surface area contributed by atoms with E-state index < -0.39 is 0 Å². The van der Waals surface area contributed by atoms with Gasteiger partial charge in [-0.3, -0.25) is 4.79 Å². The number of hydrogen-bond acceptors (Lipinski definition) is 4. The molecule has 0 aliphatic carbocycles. The first kappa shape index (κ1) is 22.7. The van der Waals surface area contributed by atoms with Crippen LogP contribution in [-0.2, 0) is 11.3 Å². The number of para-hydroxylation sites is 1. The van der Waals surface area contributed by atoms with Crippen LogP contribution >= 0.6 is 0 Å². The topological polar surface area (TPSA) is 45.7 Å². The third kappa shape index (κ3) is 5.68. The zero-order valence-electron chi connectivity index (χ0n) is 19.6. The normalized spacial score (nSPS) is 12.7. The minimum Gasteiger partial charge on any atom is -0.478 e. The minimum absolute atomic E-state index is 0.0323. The number of amides is 1. The van der Waals surface area contributed by atoms with Crippen LogP contribution in [0.1, 0.15) is 36.5 Å². The van der Waals surface area contributed by atoms with Crippen molar-refractivity contribution in [2.24, 2.45) is 0 Å². The Balaban J connectivity index is 1.56. The molecule has 0 unspecified atom stereocenters. The highest BCUT2D eigenvalue weighted by molar-refractivity contribution is 5.95.